The van der Waals surface area contributed by atoms with E-state index in [1.807, 2.05) is 0 Å². The van der Waals surface area contributed by atoms with E-state index in [-0.39, 0.29) is 12.4 Å². The molecule has 0 saturated carbocycles. The lowest BCUT2D eigenvalue weighted by atomic mass is 9.99. The molecule has 2 aliphatic heterocycles. The van der Waals surface area contributed by atoms with Crippen molar-refractivity contribution in [3.8, 4) is 0 Å². The van der Waals surface area contributed by atoms with Crippen LogP contribution in [0.2, 0.25) is 0 Å². The third kappa shape index (κ3) is 4.42. The molecule has 0 bridgehead atoms. The molecule has 2 rings (SSSR count). The number of ether oxygens (including phenoxy) is 3. The zero-order valence-corrected chi connectivity index (χ0v) is 13.5. The summed E-state index contributed by atoms with van der Waals surface area (Å²) in [5.74, 6) is 0.565. The summed E-state index contributed by atoms with van der Waals surface area (Å²) in [5.41, 5.74) is 0. The summed E-state index contributed by atoms with van der Waals surface area (Å²) < 4.78 is 18.7. The molecule has 4 nitrogen and oxygen atoms in total. The summed E-state index contributed by atoms with van der Waals surface area (Å²) >= 11 is 0. The van der Waals surface area contributed by atoms with Crippen LogP contribution in [0, 0.1) is 5.92 Å². The summed E-state index contributed by atoms with van der Waals surface area (Å²) in [6.45, 7) is 10.3. The largest absolute Gasteiger partial charge is 0.370 e. The van der Waals surface area contributed by atoms with Crippen LogP contribution in [0.3, 0.4) is 0 Å². The second kappa shape index (κ2) is 7.74. The van der Waals surface area contributed by atoms with Crippen LogP contribution >= 0.6 is 0 Å². The minimum absolute atomic E-state index is 0.0317. The normalized spacial score (nSPS) is 31.4. The van der Waals surface area contributed by atoms with Crippen LogP contribution in [0.15, 0.2) is 0 Å². The molecule has 0 aromatic heterocycles. The van der Waals surface area contributed by atoms with Crippen molar-refractivity contribution in [2.45, 2.75) is 51.9 Å². The van der Waals surface area contributed by atoms with E-state index >= 15 is 0 Å². The first-order valence-corrected chi connectivity index (χ1v) is 8.35. The van der Waals surface area contributed by atoms with Gasteiger partial charge in [0, 0.05) is 5.92 Å². The summed E-state index contributed by atoms with van der Waals surface area (Å²) in [5, 5.41) is 0. The molecule has 0 aromatic rings. The highest BCUT2D eigenvalue weighted by Gasteiger charge is 2.37. The fraction of sp³-hybridized carbons (Fsp3) is 1.00. The van der Waals surface area contributed by atoms with E-state index in [9.17, 15) is 0 Å². The van der Waals surface area contributed by atoms with Crippen LogP contribution < -0.4 is 0 Å². The van der Waals surface area contributed by atoms with Gasteiger partial charge in [-0.15, -0.1) is 0 Å². The van der Waals surface area contributed by atoms with Crippen molar-refractivity contribution < 1.29 is 18.7 Å². The van der Waals surface area contributed by atoms with Gasteiger partial charge in [0.25, 0.3) is 0 Å². The van der Waals surface area contributed by atoms with Crippen molar-refractivity contribution in [2.75, 3.05) is 46.5 Å². The standard InChI is InChI=1S/C16H32NO3/c1-4-6-7-14(5-2)16-19-13-15(20-16)12-17(3)8-10-18-11-9-17/h14-16H,4-13H2,1-3H3/q+1/t14-,15+,16-/m0/s1. The summed E-state index contributed by atoms with van der Waals surface area (Å²) in [6, 6.07) is 0. The van der Waals surface area contributed by atoms with Crippen LogP contribution in [-0.2, 0) is 14.2 Å². The van der Waals surface area contributed by atoms with Gasteiger partial charge in [-0.2, -0.15) is 0 Å². The number of hydrogen-bond acceptors (Lipinski definition) is 3. The molecule has 2 heterocycles. The zero-order valence-electron chi connectivity index (χ0n) is 13.5. The molecule has 0 aliphatic carbocycles. The minimum Gasteiger partial charge on any atom is -0.370 e. The first-order chi connectivity index (χ1) is 9.67. The van der Waals surface area contributed by atoms with E-state index in [0.29, 0.717) is 5.92 Å². The predicted octanol–water partition coefficient (Wildman–Crippen LogP) is 2.42. The first-order valence-electron chi connectivity index (χ1n) is 8.35. The number of unbranched alkanes of at least 4 members (excludes halogenated alkanes) is 1. The molecule has 2 fully saturated rings. The Bertz CT molecular complexity index is 279. The SMILES string of the molecule is CCCC[C@H](CC)[C@H]1OC[C@@H](C[N+]2(C)CCOCC2)O1. The van der Waals surface area contributed by atoms with Gasteiger partial charge in [-0.3, -0.25) is 0 Å². The van der Waals surface area contributed by atoms with Gasteiger partial charge in [-0.05, 0) is 12.8 Å². The topological polar surface area (TPSA) is 27.7 Å². The molecule has 4 heteroatoms. The van der Waals surface area contributed by atoms with Crippen molar-refractivity contribution in [1.82, 2.24) is 0 Å². The Kier molecular flexibility index (Phi) is 6.27. The second-order valence-corrected chi connectivity index (χ2v) is 6.63. The molecule has 2 saturated heterocycles. The predicted molar refractivity (Wildman–Crippen MR) is 79.5 cm³/mol. The lowest BCUT2D eigenvalue weighted by molar-refractivity contribution is -0.919. The Labute approximate surface area is 124 Å². The van der Waals surface area contributed by atoms with Crippen molar-refractivity contribution in [3.63, 3.8) is 0 Å². The van der Waals surface area contributed by atoms with E-state index < -0.39 is 0 Å². The zero-order chi connectivity index (χ0) is 14.4. The number of hydrogen-bond donors (Lipinski definition) is 0. The highest BCUT2D eigenvalue weighted by atomic mass is 16.7. The molecule has 0 unspecified atom stereocenters. The molecule has 20 heavy (non-hydrogen) atoms. The van der Waals surface area contributed by atoms with E-state index in [0.717, 1.165) is 50.4 Å². The van der Waals surface area contributed by atoms with Crippen LogP contribution in [-0.4, -0.2) is 63.4 Å². The molecule has 0 amide bonds. The maximum Gasteiger partial charge on any atom is 0.161 e. The average Bonchev–Trinajstić information content (AvgIpc) is 2.88. The van der Waals surface area contributed by atoms with Crippen molar-refractivity contribution in [2.24, 2.45) is 5.92 Å². The van der Waals surface area contributed by atoms with Gasteiger partial charge in [0.05, 0.1) is 26.9 Å². The number of likely N-dealkylation sites (N-methyl/N-ethyl adjacent to an activating group) is 1. The monoisotopic (exact) mass is 286 g/mol. The lowest BCUT2D eigenvalue weighted by Crippen LogP contribution is -2.55. The lowest BCUT2D eigenvalue weighted by Gasteiger charge is -2.38. The summed E-state index contributed by atoms with van der Waals surface area (Å²) in [6.07, 6.45) is 5.20. The van der Waals surface area contributed by atoms with Crippen LogP contribution in [0.4, 0.5) is 0 Å². The molecule has 3 atom stereocenters. The quantitative estimate of drug-likeness (QED) is 0.673. The molecule has 0 spiro atoms. The Morgan fingerprint density at radius 1 is 1.20 bits per heavy atom. The van der Waals surface area contributed by atoms with Crippen molar-refractivity contribution >= 4 is 0 Å². The molecule has 118 valence electrons. The molecule has 0 N–H and O–H groups in total. The van der Waals surface area contributed by atoms with Gasteiger partial charge in [-0.1, -0.05) is 26.7 Å². The number of nitrogens with zero attached hydrogens (tertiary/aromatic N) is 1. The fourth-order valence-corrected chi connectivity index (χ4v) is 3.27. The van der Waals surface area contributed by atoms with Crippen molar-refractivity contribution in [1.29, 1.82) is 0 Å². The molecular formula is C16H32NO3+. The molecular weight excluding hydrogens is 254 g/mol. The average molecular weight is 286 g/mol. The maximum absolute atomic E-state index is 6.20. The van der Waals surface area contributed by atoms with E-state index in [1.165, 1.54) is 19.3 Å². The van der Waals surface area contributed by atoms with E-state index in [4.69, 9.17) is 14.2 Å². The Hall–Kier alpha value is -0.160. The van der Waals surface area contributed by atoms with Gasteiger partial charge >= 0.3 is 0 Å². The highest BCUT2D eigenvalue weighted by Crippen LogP contribution is 2.27. The number of morpholine rings is 1. The van der Waals surface area contributed by atoms with Crippen LogP contribution in [0.25, 0.3) is 0 Å². The Morgan fingerprint density at radius 2 is 1.95 bits per heavy atom. The minimum atomic E-state index is 0.0317. The van der Waals surface area contributed by atoms with Crippen molar-refractivity contribution in [3.05, 3.63) is 0 Å². The maximum atomic E-state index is 6.20. The number of rotatable bonds is 7. The smallest absolute Gasteiger partial charge is 0.161 e. The Morgan fingerprint density at radius 3 is 2.60 bits per heavy atom. The highest BCUT2D eigenvalue weighted by molar-refractivity contribution is 4.72. The van der Waals surface area contributed by atoms with E-state index in [2.05, 4.69) is 20.9 Å². The summed E-state index contributed by atoms with van der Waals surface area (Å²) in [4.78, 5) is 0. The van der Waals surface area contributed by atoms with Gasteiger partial charge in [0.2, 0.25) is 0 Å². The molecule has 0 radical (unpaired) electrons. The first kappa shape index (κ1) is 16.2. The molecule has 2 aliphatic rings. The van der Waals surface area contributed by atoms with Gasteiger partial charge in [0.1, 0.15) is 25.7 Å². The Balaban J connectivity index is 1.79. The van der Waals surface area contributed by atoms with Gasteiger partial charge in [0.15, 0.2) is 6.29 Å². The van der Waals surface area contributed by atoms with Crippen LogP contribution in [0.5, 0.6) is 0 Å². The fourth-order valence-electron chi connectivity index (χ4n) is 3.27. The van der Waals surface area contributed by atoms with E-state index in [1.54, 1.807) is 0 Å². The van der Waals surface area contributed by atoms with Gasteiger partial charge < -0.3 is 18.7 Å². The summed E-state index contributed by atoms with van der Waals surface area (Å²) in [7, 11) is 2.31. The third-order valence-corrected chi connectivity index (χ3v) is 4.81. The second-order valence-electron chi connectivity index (χ2n) is 6.63. The van der Waals surface area contributed by atoms with Gasteiger partial charge in [-0.25, -0.2) is 0 Å². The number of quaternary nitrogens is 1. The third-order valence-electron chi connectivity index (χ3n) is 4.81. The molecule has 0 aromatic carbocycles. The van der Waals surface area contributed by atoms with Crippen LogP contribution in [0.1, 0.15) is 39.5 Å².